The number of nitrogens with zero attached hydrogens (tertiary/aromatic N) is 2. The van der Waals surface area contributed by atoms with Crippen molar-refractivity contribution in [2.24, 2.45) is 0 Å². The molecule has 1 aromatic carbocycles. The molecular formula is C12H10Cl2FN3. The molecular weight excluding hydrogens is 276 g/mol. The van der Waals surface area contributed by atoms with Gasteiger partial charge in [-0.15, -0.1) is 0 Å². The second-order valence-corrected chi connectivity index (χ2v) is 4.51. The van der Waals surface area contributed by atoms with Crippen LogP contribution in [0.2, 0.25) is 10.0 Å². The Labute approximate surface area is 114 Å². The Kier molecular flexibility index (Phi) is 3.68. The van der Waals surface area contributed by atoms with Crippen molar-refractivity contribution in [2.45, 2.75) is 6.92 Å². The number of halogens is 3. The second kappa shape index (κ2) is 5.08. The summed E-state index contributed by atoms with van der Waals surface area (Å²) in [4.78, 5) is 8.17. The number of benzene rings is 1. The van der Waals surface area contributed by atoms with Crippen molar-refractivity contribution in [1.29, 1.82) is 0 Å². The summed E-state index contributed by atoms with van der Waals surface area (Å²) in [5.74, 6) is -0.00121. The molecule has 94 valence electrons. The lowest BCUT2D eigenvalue weighted by Gasteiger charge is -2.08. The maximum Gasteiger partial charge on any atom is 0.186 e. The fourth-order valence-corrected chi connectivity index (χ4v) is 1.89. The van der Waals surface area contributed by atoms with E-state index in [0.717, 1.165) is 0 Å². The molecule has 2 aromatic rings. The minimum atomic E-state index is -0.473. The van der Waals surface area contributed by atoms with Crippen LogP contribution in [0.3, 0.4) is 0 Å². The van der Waals surface area contributed by atoms with E-state index in [0.29, 0.717) is 21.4 Å². The Morgan fingerprint density at radius 1 is 1.22 bits per heavy atom. The number of aromatic nitrogens is 2. The van der Waals surface area contributed by atoms with Gasteiger partial charge in [-0.1, -0.05) is 23.2 Å². The van der Waals surface area contributed by atoms with Crippen molar-refractivity contribution in [3.63, 3.8) is 0 Å². The predicted molar refractivity (Wildman–Crippen MR) is 71.7 cm³/mol. The van der Waals surface area contributed by atoms with Crippen molar-refractivity contribution < 1.29 is 4.39 Å². The van der Waals surface area contributed by atoms with Crippen LogP contribution in [0.15, 0.2) is 18.2 Å². The van der Waals surface area contributed by atoms with Crippen LogP contribution >= 0.6 is 23.2 Å². The lowest BCUT2D eigenvalue weighted by molar-refractivity contribution is 0.607. The van der Waals surface area contributed by atoms with Gasteiger partial charge in [0.1, 0.15) is 0 Å². The number of hydrogen-bond acceptors (Lipinski definition) is 3. The standard InChI is InChI=1S/C12H10Cl2FN3/c1-6-10(15)12(16-2)18-11(17-6)8-5-7(13)3-4-9(8)14/h3-5H,1-2H3,(H,16,17,18). The molecule has 0 atom stereocenters. The van der Waals surface area contributed by atoms with Gasteiger partial charge in [0.05, 0.1) is 10.7 Å². The summed E-state index contributed by atoms with van der Waals surface area (Å²) < 4.78 is 13.6. The summed E-state index contributed by atoms with van der Waals surface area (Å²) in [6.45, 7) is 1.57. The summed E-state index contributed by atoms with van der Waals surface area (Å²) >= 11 is 12.0. The van der Waals surface area contributed by atoms with E-state index in [1.165, 1.54) is 0 Å². The lowest BCUT2D eigenvalue weighted by atomic mass is 10.2. The van der Waals surface area contributed by atoms with Crippen LogP contribution in [0.1, 0.15) is 5.69 Å². The van der Waals surface area contributed by atoms with E-state index in [1.54, 1.807) is 32.2 Å². The summed E-state index contributed by atoms with van der Waals surface area (Å²) in [5, 5.41) is 3.66. The molecule has 6 heteroatoms. The Balaban J connectivity index is 2.64. The number of aryl methyl sites for hydroxylation is 1. The van der Waals surface area contributed by atoms with Crippen LogP contribution < -0.4 is 5.32 Å². The third-order valence-corrected chi connectivity index (χ3v) is 2.99. The first-order chi connectivity index (χ1) is 8.52. The molecule has 1 N–H and O–H groups in total. The van der Waals surface area contributed by atoms with Gasteiger partial charge in [-0.2, -0.15) is 0 Å². The largest absolute Gasteiger partial charge is 0.371 e. The van der Waals surface area contributed by atoms with Gasteiger partial charge < -0.3 is 5.32 Å². The topological polar surface area (TPSA) is 37.8 Å². The summed E-state index contributed by atoms with van der Waals surface area (Å²) in [5.41, 5.74) is 0.823. The molecule has 0 amide bonds. The molecule has 1 heterocycles. The number of hydrogen-bond donors (Lipinski definition) is 1. The monoisotopic (exact) mass is 285 g/mol. The maximum absolute atomic E-state index is 13.6. The first-order valence-corrected chi connectivity index (χ1v) is 5.96. The summed E-state index contributed by atoms with van der Waals surface area (Å²) in [7, 11) is 1.59. The maximum atomic E-state index is 13.6. The van der Waals surface area contributed by atoms with E-state index in [9.17, 15) is 4.39 Å². The molecule has 0 fully saturated rings. The molecule has 0 bridgehead atoms. The van der Waals surface area contributed by atoms with Gasteiger partial charge in [-0.25, -0.2) is 14.4 Å². The van der Waals surface area contributed by atoms with Crippen LogP contribution in [0.5, 0.6) is 0 Å². The van der Waals surface area contributed by atoms with Crippen LogP contribution in [0.4, 0.5) is 10.2 Å². The Bertz CT molecular complexity index is 602. The van der Waals surface area contributed by atoms with E-state index < -0.39 is 5.82 Å². The first kappa shape index (κ1) is 13.1. The van der Waals surface area contributed by atoms with Gasteiger partial charge in [0, 0.05) is 17.6 Å². The van der Waals surface area contributed by atoms with Gasteiger partial charge >= 0.3 is 0 Å². The normalized spacial score (nSPS) is 10.5. The third-order valence-electron chi connectivity index (χ3n) is 2.42. The number of anilines is 1. The van der Waals surface area contributed by atoms with Crippen LogP contribution in [-0.2, 0) is 0 Å². The van der Waals surface area contributed by atoms with Crippen LogP contribution in [0.25, 0.3) is 11.4 Å². The SMILES string of the molecule is CNc1nc(-c2cc(Cl)ccc2Cl)nc(C)c1F. The van der Waals surface area contributed by atoms with E-state index >= 15 is 0 Å². The average molecular weight is 286 g/mol. The molecule has 0 saturated carbocycles. The molecule has 2 rings (SSSR count). The lowest BCUT2D eigenvalue weighted by Crippen LogP contribution is -2.03. The van der Waals surface area contributed by atoms with E-state index in [-0.39, 0.29) is 11.5 Å². The van der Waals surface area contributed by atoms with Crippen LogP contribution in [-0.4, -0.2) is 17.0 Å². The van der Waals surface area contributed by atoms with E-state index in [1.807, 2.05) is 0 Å². The summed E-state index contributed by atoms with van der Waals surface area (Å²) in [6, 6.07) is 4.97. The first-order valence-electron chi connectivity index (χ1n) is 5.20. The number of rotatable bonds is 2. The zero-order valence-electron chi connectivity index (χ0n) is 9.76. The minimum Gasteiger partial charge on any atom is -0.371 e. The second-order valence-electron chi connectivity index (χ2n) is 3.67. The number of nitrogens with one attached hydrogen (secondary N) is 1. The fourth-order valence-electron chi connectivity index (χ4n) is 1.51. The molecule has 18 heavy (non-hydrogen) atoms. The zero-order chi connectivity index (χ0) is 13.3. The quantitative estimate of drug-likeness (QED) is 0.908. The van der Waals surface area contributed by atoms with Gasteiger partial charge in [0.2, 0.25) is 0 Å². The van der Waals surface area contributed by atoms with Crippen molar-refractivity contribution in [3.05, 3.63) is 39.8 Å². The van der Waals surface area contributed by atoms with Crippen LogP contribution in [0, 0.1) is 12.7 Å². The molecule has 0 aliphatic rings. The Morgan fingerprint density at radius 3 is 2.61 bits per heavy atom. The highest BCUT2D eigenvalue weighted by Crippen LogP contribution is 2.29. The van der Waals surface area contributed by atoms with Crippen molar-refractivity contribution in [1.82, 2.24) is 9.97 Å². The summed E-state index contributed by atoms with van der Waals surface area (Å²) in [6.07, 6.45) is 0. The van der Waals surface area contributed by atoms with Gasteiger partial charge in [-0.05, 0) is 25.1 Å². The molecule has 0 unspecified atom stereocenters. The Hall–Kier alpha value is -1.39. The molecule has 0 aliphatic heterocycles. The van der Waals surface area contributed by atoms with Gasteiger partial charge in [0.25, 0.3) is 0 Å². The zero-order valence-corrected chi connectivity index (χ0v) is 11.3. The van der Waals surface area contributed by atoms with Crippen molar-refractivity contribution >= 4 is 29.0 Å². The van der Waals surface area contributed by atoms with E-state index in [2.05, 4.69) is 15.3 Å². The van der Waals surface area contributed by atoms with Crippen molar-refractivity contribution in [3.8, 4) is 11.4 Å². The highest BCUT2D eigenvalue weighted by atomic mass is 35.5. The Morgan fingerprint density at radius 2 is 1.94 bits per heavy atom. The fraction of sp³-hybridized carbons (Fsp3) is 0.167. The van der Waals surface area contributed by atoms with Gasteiger partial charge in [0.15, 0.2) is 17.5 Å². The molecule has 1 aromatic heterocycles. The average Bonchev–Trinajstić information content (AvgIpc) is 2.35. The smallest absolute Gasteiger partial charge is 0.186 e. The molecule has 3 nitrogen and oxygen atoms in total. The minimum absolute atomic E-state index is 0.133. The van der Waals surface area contributed by atoms with E-state index in [4.69, 9.17) is 23.2 Å². The highest BCUT2D eigenvalue weighted by Gasteiger charge is 2.14. The molecule has 0 radical (unpaired) electrons. The highest BCUT2D eigenvalue weighted by molar-refractivity contribution is 6.35. The third kappa shape index (κ3) is 2.40. The molecule has 0 aliphatic carbocycles. The predicted octanol–water partition coefficient (Wildman–Crippen LogP) is 3.94. The van der Waals surface area contributed by atoms with Crippen molar-refractivity contribution in [2.75, 3.05) is 12.4 Å². The van der Waals surface area contributed by atoms with Gasteiger partial charge in [-0.3, -0.25) is 0 Å². The molecule has 0 saturated heterocycles. The molecule has 0 spiro atoms.